The van der Waals surface area contributed by atoms with E-state index in [1.165, 1.54) is 18.6 Å². The molecule has 112 valence electrons. The highest BCUT2D eigenvalue weighted by Gasteiger charge is 2.34. The fraction of sp³-hybridized carbons (Fsp3) is 0.600. The standard InChI is InChI=1S/C15H20N4OS/c1-19(15-13-2-3-16-14(13)17-9-18-15)11-4-10(5-11)8-21-12-6-20-7-12/h2-3,9-12H,4-8H2,1H3,(H,16,17,18)/t10-,11+. The Hall–Kier alpha value is -1.27. The summed E-state index contributed by atoms with van der Waals surface area (Å²) in [6.45, 7) is 1.90. The van der Waals surface area contributed by atoms with Gasteiger partial charge in [0.25, 0.3) is 0 Å². The Kier molecular flexibility index (Phi) is 3.51. The van der Waals surface area contributed by atoms with Crippen LogP contribution >= 0.6 is 11.8 Å². The van der Waals surface area contributed by atoms with E-state index in [4.69, 9.17) is 4.74 Å². The molecule has 1 N–H and O–H groups in total. The topological polar surface area (TPSA) is 54.0 Å². The maximum atomic E-state index is 5.22. The number of hydrogen-bond acceptors (Lipinski definition) is 5. The summed E-state index contributed by atoms with van der Waals surface area (Å²) in [5.41, 5.74) is 0.920. The summed E-state index contributed by atoms with van der Waals surface area (Å²) >= 11 is 2.09. The van der Waals surface area contributed by atoms with Gasteiger partial charge in [0.15, 0.2) is 0 Å². The molecule has 0 spiro atoms. The van der Waals surface area contributed by atoms with E-state index in [1.54, 1.807) is 6.33 Å². The third-order valence-electron chi connectivity index (χ3n) is 4.60. The first-order valence-corrected chi connectivity index (χ1v) is 8.56. The molecule has 0 amide bonds. The molecule has 1 aliphatic heterocycles. The second kappa shape index (κ2) is 5.50. The largest absolute Gasteiger partial charge is 0.379 e. The summed E-state index contributed by atoms with van der Waals surface area (Å²) in [6.07, 6.45) is 6.12. The van der Waals surface area contributed by atoms with Crippen LogP contribution in [-0.2, 0) is 4.74 Å². The molecule has 1 saturated carbocycles. The number of nitrogens with one attached hydrogen (secondary N) is 1. The molecule has 0 atom stereocenters. The van der Waals surface area contributed by atoms with Gasteiger partial charge in [-0.15, -0.1) is 0 Å². The minimum atomic E-state index is 0.612. The number of anilines is 1. The molecule has 0 unspecified atom stereocenters. The van der Waals surface area contributed by atoms with Gasteiger partial charge in [0.05, 0.1) is 23.8 Å². The molecule has 6 heteroatoms. The predicted molar refractivity (Wildman–Crippen MR) is 85.9 cm³/mol. The number of aromatic amines is 1. The van der Waals surface area contributed by atoms with Crippen molar-refractivity contribution in [2.45, 2.75) is 24.1 Å². The molecule has 2 aromatic heterocycles. The summed E-state index contributed by atoms with van der Waals surface area (Å²) in [5.74, 6) is 3.18. The van der Waals surface area contributed by atoms with Crippen LogP contribution in [0, 0.1) is 5.92 Å². The van der Waals surface area contributed by atoms with Crippen LogP contribution in [0.15, 0.2) is 18.6 Å². The van der Waals surface area contributed by atoms with E-state index in [9.17, 15) is 0 Å². The van der Waals surface area contributed by atoms with Crippen molar-refractivity contribution in [2.24, 2.45) is 5.92 Å². The fourth-order valence-electron chi connectivity index (χ4n) is 3.05. The normalized spacial score (nSPS) is 25.6. The zero-order chi connectivity index (χ0) is 14.2. The summed E-state index contributed by atoms with van der Waals surface area (Å²) in [4.78, 5) is 14.2. The Morgan fingerprint density at radius 3 is 3.00 bits per heavy atom. The van der Waals surface area contributed by atoms with Gasteiger partial charge in [-0.1, -0.05) is 0 Å². The average molecular weight is 304 g/mol. The highest BCUT2D eigenvalue weighted by molar-refractivity contribution is 8.00. The Morgan fingerprint density at radius 2 is 2.24 bits per heavy atom. The quantitative estimate of drug-likeness (QED) is 0.918. The number of aromatic nitrogens is 3. The van der Waals surface area contributed by atoms with Crippen molar-refractivity contribution in [1.29, 1.82) is 0 Å². The van der Waals surface area contributed by atoms with Crippen LogP contribution in [0.1, 0.15) is 12.8 Å². The minimum absolute atomic E-state index is 0.612. The molecule has 5 nitrogen and oxygen atoms in total. The molecule has 2 aromatic rings. The molecular weight excluding hydrogens is 284 g/mol. The van der Waals surface area contributed by atoms with Gasteiger partial charge in [-0.05, 0) is 30.6 Å². The minimum Gasteiger partial charge on any atom is -0.379 e. The van der Waals surface area contributed by atoms with Crippen LogP contribution in [0.5, 0.6) is 0 Å². The van der Waals surface area contributed by atoms with E-state index < -0.39 is 0 Å². The lowest BCUT2D eigenvalue weighted by atomic mass is 9.81. The molecule has 21 heavy (non-hydrogen) atoms. The maximum Gasteiger partial charge on any atom is 0.142 e. The van der Waals surface area contributed by atoms with Crippen LogP contribution in [-0.4, -0.2) is 52.3 Å². The second-order valence-electron chi connectivity index (χ2n) is 6.03. The number of H-pyrrole nitrogens is 1. The molecule has 0 radical (unpaired) electrons. The number of rotatable bonds is 5. The smallest absolute Gasteiger partial charge is 0.142 e. The Balaban J connectivity index is 1.36. The van der Waals surface area contributed by atoms with Crippen molar-refractivity contribution in [3.8, 4) is 0 Å². The molecule has 3 heterocycles. The van der Waals surface area contributed by atoms with E-state index in [0.717, 1.165) is 41.2 Å². The van der Waals surface area contributed by atoms with Crippen molar-refractivity contribution >= 4 is 28.6 Å². The van der Waals surface area contributed by atoms with Gasteiger partial charge in [-0.2, -0.15) is 11.8 Å². The van der Waals surface area contributed by atoms with Gasteiger partial charge in [-0.3, -0.25) is 0 Å². The summed E-state index contributed by atoms with van der Waals surface area (Å²) < 4.78 is 5.22. The molecule has 2 aliphatic rings. The van der Waals surface area contributed by atoms with E-state index in [2.05, 4.69) is 44.7 Å². The Morgan fingerprint density at radius 1 is 1.38 bits per heavy atom. The lowest BCUT2D eigenvalue weighted by Gasteiger charge is -2.42. The van der Waals surface area contributed by atoms with Crippen molar-refractivity contribution in [3.63, 3.8) is 0 Å². The molecule has 0 bridgehead atoms. The number of fused-ring (bicyclic) bond motifs is 1. The van der Waals surface area contributed by atoms with Crippen LogP contribution in [0.3, 0.4) is 0 Å². The SMILES string of the molecule is CN(c1ncnc2[nH]ccc12)[C@H]1C[C@@H](CSC2COC2)C1. The maximum absolute atomic E-state index is 5.22. The highest BCUT2D eigenvalue weighted by Crippen LogP contribution is 2.37. The lowest BCUT2D eigenvalue weighted by molar-refractivity contribution is 0.0453. The summed E-state index contributed by atoms with van der Waals surface area (Å²) in [6, 6.07) is 2.67. The molecule has 1 saturated heterocycles. The Bertz CT molecular complexity index is 621. The van der Waals surface area contributed by atoms with Gasteiger partial charge in [0.2, 0.25) is 0 Å². The Labute approximate surface area is 128 Å². The number of ether oxygens (including phenoxy) is 1. The van der Waals surface area contributed by atoms with Crippen LogP contribution in [0.25, 0.3) is 11.0 Å². The first-order chi connectivity index (χ1) is 10.3. The number of thioether (sulfide) groups is 1. The van der Waals surface area contributed by atoms with Crippen LogP contribution in [0.2, 0.25) is 0 Å². The van der Waals surface area contributed by atoms with Crippen molar-refractivity contribution in [3.05, 3.63) is 18.6 Å². The van der Waals surface area contributed by atoms with Gasteiger partial charge in [0.1, 0.15) is 17.8 Å². The lowest BCUT2D eigenvalue weighted by Crippen LogP contribution is -2.44. The third-order valence-corrected chi connectivity index (χ3v) is 6.01. The molecule has 2 fully saturated rings. The molecular formula is C15H20N4OS. The van der Waals surface area contributed by atoms with Gasteiger partial charge < -0.3 is 14.6 Å². The molecule has 1 aliphatic carbocycles. The zero-order valence-electron chi connectivity index (χ0n) is 12.2. The monoisotopic (exact) mass is 304 g/mol. The average Bonchev–Trinajstić information content (AvgIpc) is 2.86. The first-order valence-electron chi connectivity index (χ1n) is 7.51. The van der Waals surface area contributed by atoms with Gasteiger partial charge >= 0.3 is 0 Å². The number of nitrogens with zero attached hydrogens (tertiary/aromatic N) is 3. The molecule has 4 rings (SSSR count). The molecule has 0 aromatic carbocycles. The van der Waals surface area contributed by atoms with E-state index in [1.807, 2.05) is 6.20 Å². The first kappa shape index (κ1) is 13.4. The third kappa shape index (κ3) is 2.51. The highest BCUT2D eigenvalue weighted by atomic mass is 32.2. The van der Waals surface area contributed by atoms with E-state index in [-0.39, 0.29) is 0 Å². The zero-order valence-corrected chi connectivity index (χ0v) is 13.0. The van der Waals surface area contributed by atoms with Gasteiger partial charge in [-0.25, -0.2) is 9.97 Å². The van der Waals surface area contributed by atoms with Crippen molar-refractivity contribution in [1.82, 2.24) is 15.0 Å². The van der Waals surface area contributed by atoms with E-state index >= 15 is 0 Å². The van der Waals surface area contributed by atoms with Crippen molar-refractivity contribution < 1.29 is 4.74 Å². The second-order valence-corrected chi connectivity index (χ2v) is 7.37. The van der Waals surface area contributed by atoms with Crippen LogP contribution < -0.4 is 4.90 Å². The van der Waals surface area contributed by atoms with Gasteiger partial charge in [0, 0.05) is 19.3 Å². The summed E-state index contributed by atoms with van der Waals surface area (Å²) in [5, 5.41) is 1.87. The summed E-state index contributed by atoms with van der Waals surface area (Å²) in [7, 11) is 2.16. The van der Waals surface area contributed by atoms with E-state index in [0.29, 0.717) is 6.04 Å². The van der Waals surface area contributed by atoms with Crippen molar-refractivity contribution in [2.75, 3.05) is 30.9 Å². The fourth-order valence-corrected chi connectivity index (χ4v) is 4.25. The number of hydrogen-bond donors (Lipinski definition) is 1. The predicted octanol–water partition coefficient (Wildman–Crippen LogP) is 2.30. The van der Waals surface area contributed by atoms with Crippen LogP contribution in [0.4, 0.5) is 5.82 Å².